The maximum absolute atomic E-state index is 14.6. The lowest BCUT2D eigenvalue weighted by atomic mass is 9.62. The van der Waals surface area contributed by atoms with Crippen LogP contribution < -0.4 is 5.32 Å². The minimum Gasteiger partial charge on any atom is -0.358 e. The zero-order valence-electron chi connectivity index (χ0n) is 20.8. The number of benzene rings is 4. The van der Waals surface area contributed by atoms with Crippen molar-refractivity contribution in [3.8, 4) is 0 Å². The van der Waals surface area contributed by atoms with Crippen molar-refractivity contribution in [2.24, 2.45) is 5.92 Å². The molecule has 4 aromatic carbocycles. The number of ketones is 2. The number of hydrogen-bond acceptors (Lipinski definition) is 4. The van der Waals surface area contributed by atoms with Gasteiger partial charge in [-0.1, -0.05) is 84.4 Å². The number of hydrogen-bond donors (Lipinski definition) is 1. The first-order valence-corrected chi connectivity index (χ1v) is 13.2. The van der Waals surface area contributed by atoms with Crippen molar-refractivity contribution in [2.45, 2.75) is 17.5 Å². The first-order valence-electron chi connectivity index (χ1n) is 12.9. The van der Waals surface area contributed by atoms with Crippen LogP contribution in [0.5, 0.6) is 0 Å². The number of amides is 1. The Labute approximate surface area is 230 Å². The van der Waals surface area contributed by atoms with Gasteiger partial charge in [0.25, 0.3) is 0 Å². The fourth-order valence-corrected chi connectivity index (χ4v) is 6.86. The van der Waals surface area contributed by atoms with Crippen molar-refractivity contribution in [1.82, 2.24) is 4.90 Å². The molecule has 7 rings (SSSR count). The predicted octanol–water partition coefficient (Wildman–Crippen LogP) is 6.32. The van der Waals surface area contributed by atoms with Gasteiger partial charge in [-0.2, -0.15) is 0 Å². The van der Waals surface area contributed by atoms with Crippen LogP contribution in [0.1, 0.15) is 43.4 Å². The number of nitrogens with zero attached hydrogens (tertiary/aromatic N) is 1. The number of carbonyl (C=O) groups excluding carboxylic acids is 3. The van der Waals surface area contributed by atoms with Gasteiger partial charge in [-0.05, 0) is 53.1 Å². The summed E-state index contributed by atoms with van der Waals surface area (Å²) in [7, 11) is 0. The molecule has 1 spiro atoms. The third kappa shape index (κ3) is 3.30. The molecule has 190 valence electrons. The highest BCUT2D eigenvalue weighted by molar-refractivity contribution is 6.30. The maximum atomic E-state index is 14.6. The van der Waals surface area contributed by atoms with Crippen molar-refractivity contribution in [2.75, 3.05) is 5.32 Å². The Hall–Kier alpha value is -4.48. The molecule has 3 aliphatic heterocycles. The number of fused-ring (bicyclic) bond motifs is 6. The summed E-state index contributed by atoms with van der Waals surface area (Å²) in [6.45, 7) is 0. The molecule has 3 aliphatic rings. The SMILES string of the molecule is O=C(c1ccc(Cl)cc1)C1C(C(=O)c2ccccc2)C2(C(=O)Nc3ccccc32)C2c3ccccc3C=CN12. The Kier molecular flexibility index (Phi) is 5.32. The summed E-state index contributed by atoms with van der Waals surface area (Å²) >= 11 is 6.14. The number of halogens is 1. The van der Waals surface area contributed by atoms with Crippen LogP contribution in [0.4, 0.5) is 5.69 Å². The van der Waals surface area contributed by atoms with Gasteiger partial charge in [0.05, 0.1) is 12.0 Å². The normalized spacial score (nSPS) is 24.2. The number of Topliss-reactive ketones (excluding diaryl/α,β-unsaturated/α-hetero) is 2. The lowest BCUT2D eigenvalue weighted by Gasteiger charge is -2.38. The molecule has 1 N–H and O–H groups in total. The summed E-state index contributed by atoms with van der Waals surface area (Å²) in [6, 6.07) is 29.5. The van der Waals surface area contributed by atoms with Gasteiger partial charge < -0.3 is 10.2 Å². The van der Waals surface area contributed by atoms with Crippen molar-refractivity contribution >= 4 is 40.8 Å². The van der Waals surface area contributed by atoms with E-state index in [9.17, 15) is 14.4 Å². The van der Waals surface area contributed by atoms with Crippen LogP contribution in [0.3, 0.4) is 0 Å². The van der Waals surface area contributed by atoms with Crippen molar-refractivity contribution < 1.29 is 14.4 Å². The molecular weight excluding hydrogens is 508 g/mol. The molecule has 3 heterocycles. The minimum absolute atomic E-state index is 0.232. The average molecular weight is 531 g/mol. The van der Waals surface area contributed by atoms with Crippen LogP contribution >= 0.6 is 11.6 Å². The Morgan fingerprint density at radius 2 is 1.44 bits per heavy atom. The average Bonchev–Trinajstić information content (AvgIpc) is 3.45. The monoisotopic (exact) mass is 530 g/mol. The second-order valence-corrected chi connectivity index (χ2v) is 10.6. The largest absolute Gasteiger partial charge is 0.358 e. The van der Waals surface area contributed by atoms with Gasteiger partial charge in [-0.15, -0.1) is 0 Å². The maximum Gasteiger partial charge on any atom is 0.238 e. The fraction of sp³-hybridized carbons (Fsp3) is 0.121. The molecule has 0 bridgehead atoms. The van der Waals surface area contributed by atoms with E-state index in [1.165, 1.54) is 0 Å². The zero-order valence-corrected chi connectivity index (χ0v) is 21.5. The lowest BCUT2D eigenvalue weighted by molar-refractivity contribution is -0.122. The van der Waals surface area contributed by atoms with Crippen LogP contribution in [-0.2, 0) is 10.2 Å². The molecule has 1 amide bonds. The highest BCUT2D eigenvalue weighted by Gasteiger charge is 2.70. The molecular formula is C33H23ClN2O3. The zero-order chi connectivity index (χ0) is 26.7. The predicted molar refractivity (Wildman–Crippen MR) is 151 cm³/mol. The summed E-state index contributed by atoms with van der Waals surface area (Å²) in [4.78, 5) is 45.4. The molecule has 0 radical (unpaired) electrons. The first kappa shape index (κ1) is 23.6. The third-order valence-corrected chi connectivity index (χ3v) is 8.56. The standard InChI is InChI=1S/C33H23ClN2O3/c34-23-16-14-22(15-17-23)30(38)28-27(29(37)21-9-2-1-3-10-21)33(25-12-6-7-13-26(25)35-32(33)39)31-24-11-5-4-8-20(24)18-19-36(28)31/h1-19,27-28,31H,(H,35,39). The fourth-order valence-electron chi connectivity index (χ4n) is 6.73. The second-order valence-electron chi connectivity index (χ2n) is 10.2. The number of anilines is 1. The van der Waals surface area contributed by atoms with Gasteiger partial charge in [0.2, 0.25) is 5.91 Å². The molecule has 39 heavy (non-hydrogen) atoms. The first-order chi connectivity index (χ1) is 19.0. The summed E-state index contributed by atoms with van der Waals surface area (Å²) in [5, 5.41) is 3.58. The van der Waals surface area contributed by atoms with E-state index < -0.39 is 23.4 Å². The van der Waals surface area contributed by atoms with Gasteiger partial charge in [0, 0.05) is 28.0 Å². The number of carbonyl (C=O) groups is 3. The minimum atomic E-state index is -1.34. The Morgan fingerprint density at radius 3 is 2.23 bits per heavy atom. The van der Waals surface area contributed by atoms with Crippen LogP contribution in [0, 0.1) is 5.92 Å². The molecule has 0 aromatic heterocycles. The van der Waals surface area contributed by atoms with E-state index in [0.29, 0.717) is 21.8 Å². The molecule has 4 unspecified atom stereocenters. The second kappa shape index (κ2) is 8.79. The van der Waals surface area contributed by atoms with E-state index in [2.05, 4.69) is 5.32 Å². The summed E-state index contributed by atoms with van der Waals surface area (Å²) in [6.07, 6.45) is 3.83. The van der Waals surface area contributed by atoms with Gasteiger partial charge in [0.15, 0.2) is 11.6 Å². The number of para-hydroxylation sites is 1. The Balaban J connectivity index is 1.54. The van der Waals surface area contributed by atoms with Gasteiger partial charge >= 0.3 is 0 Å². The molecule has 4 aromatic rings. The molecule has 4 atom stereocenters. The van der Waals surface area contributed by atoms with Crippen LogP contribution in [0.15, 0.2) is 109 Å². The Bertz CT molecular complexity index is 1680. The van der Waals surface area contributed by atoms with Crippen LogP contribution in [-0.4, -0.2) is 28.4 Å². The van der Waals surface area contributed by atoms with Gasteiger partial charge in [0.1, 0.15) is 11.5 Å². The van der Waals surface area contributed by atoms with Crippen molar-refractivity contribution in [1.29, 1.82) is 0 Å². The van der Waals surface area contributed by atoms with Crippen LogP contribution in [0.2, 0.25) is 5.02 Å². The highest BCUT2D eigenvalue weighted by Crippen LogP contribution is 2.62. The molecule has 1 fully saturated rings. The topological polar surface area (TPSA) is 66.5 Å². The molecule has 6 heteroatoms. The lowest BCUT2D eigenvalue weighted by Crippen LogP contribution is -2.49. The smallest absolute Gasteiger partial charge is 0.238 e. The van der Waals surface area contributed by atoms with E-state index in [0.717, 1.165) is 16.7 Å². The number of rotatable bonds is 4. The molecule has 0 saturated carbocycles. The van der Waals surface area contributed by atoms with Crippen molar-refractivity contribution in [3.05, 3.63) is 142 Å². The Morgan fingerprint density at radius 1 is 0.769 bits per heavy atom. The van der Waals surface area contributed by atoms with E-state index in [4.69, 9.17) is 11.6 Å². The van der Waals surface area contributed by atoms with E-state index in [-0.39, 0.29) is 17.5 Å². The summed E-state index contributed by atoms with van der Waals surface area (Å²) in [5.41, 5.74) is 2.83. The summed E-state index contributed by atoms with van der Waals surface area (Å²) in [5.74, 6) is -1.74. The third-order valence-electron chi connectivity index (χ3n) is 8.31. The van der Waals surface area contributed by atoms with E-state index in [1.807, 2.05) is 71.8 Å². The molecule has 0 aliphatic carbocycles. The molecule has 1 saturated heterocycles. The van der Waals surface area contributed by atoms with Gasteiger partial charge in [-0.25, -0.2) is 0 Å². The van der Waals surface area contributed by atoms with Gasteiger partial charge in [-0.3, -0.25) is 14.4 Å². The highest BCUT2D eigenvalue weighted by atomic mass is 35.5. The number of nitrogens with one attached hydrogen (secondary N) is 1. The van der Waals surface area contributed by atoms with E-state index >= 15 is 0 Å². The molecule has 5 nitrogen and oxygen atoms in total. The summed E-state index contributed by atoms with van der Waals surface area (Å²) < 4.78 is 0. The van der Waals surface area contributed by atoms with Crippen molar-refractivity contribution in [3.63, 3.8) is 0 Å². The van der Waals surface area contributed by atoms with E-state index in [1.54, 1.807) is 48.5 Å². The quantitative estimate of drug-likeness (QED) is 0.313. The van der Waals surface area contributed by atoms with Crippen LogP contribution in [0.25, 0.3) is 6.08 Å².